The lowest BCUT2D eigenvalue weighted by molar-refractivity contribution is -0.142. The van der Waals surface area contributed by atoms with Crippen molar-refractivity contribution < 1.29 is 19.4 Å². The minimum atomic E-state index is -0.666. The van der Waals surface area contributed by atoms with Crippen molar-refractivity contribution in [1.82, 2.24) is 0 Å². The summed E-state index contributed by atoms with van der Waals surface area (Å²) in [5.41, 5.74) is 1.13. The third-order valence-electron chi connectivity index (χ3n) is 4.64. The van der Waals surface area contributed by atoms with Gasteiger partial charge in [-0.1, -0.05) is 6.92 Å². The molecular formula is C17H23NO4. The van der Waals surface area contributed by atoms with Gasteiger partial charge in [-0.3, -0.25) is 4.79 Å². The Bertz CT molecular complexity index is 545. The predicted molar refractivity (Wildman–Crippen MR) is 83.8 cm³/mol. The monoisotopic (exact) mass is 305 g/mol. The van der Waals surface area contributed by atoms with Crippen LogP contribution in [0, 0.1) is 11.8 Å². The Balaban J connectivity index is 1.64. The number of rotatable bonds is 5. The zero-order valence-electron chi connectivity index (χ0n) is 13.0. The fourth-order valence-electron chi connectivity index (χ4n) is 3.33. The molecule has 0 radical (unpaired) electrons. The number of carboxylic acid groups (broad SMARTS) is 1. The van der Waals surface area contributed by atoms with Crippen molar-refractivity contribution in [1.29, 1.82) is 0 Å². The molecule has 0 aliphatic carbocycles. The van der Waals surface area contributed by atoms with Gasteiger partial charge in [0.2, 0.25) is 0 Å². The van der Waals surface area contributed by atoms with Gasteiger partial charge in [0.05, 0.1) is 5.92 Å². The molecule has 5 nitrogen and oxygen atoms in total. The standard InChI is InChI=1S/C17H23NO4/c1-2-13(17(19)20)9-12-5-6-18(11-12)14-3-4-15-16(10-14)22-8-7-21-15/h3-4,10,12-13H,2,5-9,11H2,1H3,(H,19,20). The molecule has 120 valence electrons. The second kappa shape index (κ2) is 6.46. The average molecular weight is 305 g/mol. The highest BCUT2D eigenvalue weighted by atomic mass is 16.6. The molecule has 0 bridgehead atoms. The van der Waals surface area contributed by atoms with Crippen molar-refractivity contribution in [3.05, 3.63) is 18.2 Å². The summed E-state index contributed by atoms with van der Waals surface area (Å²) in [6, 6.07) is 6.05. The number of carbonyl (C=O) groups is 1. The van der Waals surface area contributed by atoms with E-state index >= 15 is 0 Å². The number of fused-ring (bicyclic) bond motifs is 1. The Morgan fingerprint density at radius 1 is 1.36 bits per heavy atom. The van der Waals surface area contributed by atoms with Crippen LogP contribution in [-0.4, -0.2) is 37.4 Å². The third kappa shape index (κ3) is 3.13. The summed E-state index contributed by atoms with van der Waals surface area (Å²) in [7, 11) is 0. The van der Waals surface area contributed by atoms with Crippen LogP contribution in [0.25, 0.3) is 0 Å². The number of hydrogen-bond donors (Lipinski definition) is 1. The largest absolute Gasteiger partial charge is 0.486 e. The number of hydrogen-bond acceptors (Lipinski definition) is 4. The van der Waals surface area contributed by atoms with Crippen molar-refractivity contribution in [3.63, 3.8) is 0 Å². The van der Waals surface area contributed by atoms with Gasteiger partial charge in [-0.25, -0.2) is 0 Å². The van der Waals surface area contributed by atoms with E-state index < -0.39 is 5.97 Å². The number of benzene rings is 1. The fraction of sp³-hybridized carbons (Fsp3) is 0.588. The molecule has 1 aromatic carbocycles. The van der Waals surface area contributed by atoms with Crippen molar-refractivity contribution in [2.75, 3.05) is 31.2 Å². The Morgan fingerprint density at radius 3 is 2.86 bits per heavy atom. The molecule has 2 heterocycles. The molecule has 22 heavy (non-hydrogen) atoms. The minimum absolute atomic E-state index is 0.217. The molecule has 3 rings (SSSR count). The molecule has 2 atom stereocenters. The molecule has 0 spiro atoms. The molecule has 1 N–H and O–H groups in total. The molecule has 0 saturated carbocycles. The summed E-state index contributed by atoms with van der Waals surface area (Å²) in [6.45, 7) is 5.04. The van der Waals surface area contributed by atoms with Gasteiger partial charge in [-0.05, 0) is 37.3 Å². The molecule has 2 unspecified atom stereocenters. The van der Waals surface area contributed by atoms with Crippen LogP contribution in [0.2, 0.25) is 0 Å². The van der Waals surface area contributed by atoms with Gasteiger partial charge in [0.25, 0.3) is 0 Å². The number of anilines is 1. The van der Waals surface area contributed by atoms with E-state index in [1.807, 2.05) is 19.1 Å². The van der Waals surface area contributed by atoms with Crippen LogP contribution in [0.15, 0.2) is 18.2 Å². The van der Waals surface area contributed by atoms with Crippen molar-refractivity contribution in [3.8, 4) is 11.5 Å². The molecule has 0 amide bonds. The number of aliphatic carboxylic acids is 1. The summed E-state index contributed by atoms with van der Waals surface area (Å²) in [4.78, 5) is 13.5. The first-order valence-corrected chi connectivity index (χ1v) is 8.04. The van der Waals surface area contributed by atoms with Gasteiger partial charge in [-0.2, -0.15) is 0 Å². The second-order valence-electron chi connectivity index (χ2n) is 6.11. The van der Waals surface area contributed by atoms with Crippen LogP contribution < -0.4 is 14.4 Å². The first-order chi connectivity index (χ1) is 10.7. The van der Waals surface area contributed by atoms with Crippen LogP contribution in [0.4, 0.5) is 5.69 Å². The maximum absolute atomic E-state index is 11.2. The highest BCUT2D eigenvalue weighted by molar-refractivity contribution is 5.69. The van der Waals surface area contributed by atoms with Gasteiger partial charge in [0.1, 0.15) is 13.2 Å². The van der Waals surface area contributed by atoms with E-state index in [2.05, 4.69) is 11.0 Å². The average Bonchev–Trinajstić information content (AvgIpc) is 3.00. The van der Waals surface area contributed by atoms with E-state index in [4.69, 9.17) is 9.47 Å². The summed E-state index contributed by atoms with van der Waals surface area (Å²) in [5.74, 6) is 1.19. The van der Waals surface area contributed by atoms with Crippen molar-refractivity contribution >= 4 is 11.7 Å². The lowest BCUT2D eigenvalue weighted by Gasteiger charge is -2.23. The fourth-order valence-corrected chi connectivity index (χ4v) is 3.33. The van der Waals surface area contributed by atoms with E-state index in [1.54, 1.807) is 0 Å². The predicted octanol–water partition coefficient (Wildman–Crippen LogP) is 2.79. The number of ether oxygens (including phenoxy) is 2. The quantitative estimate of drug-likeness (QED) is 0.906. The van der Waals surface area contributed by atoms with Gasteiger partial charge in [0, 0.05) is 24.8 Å². The van der Waals surface area contributed by atoms with E-state index in [0.29, 0.717) is 25.6 Å². The second-order valence-corrected chi connectivity index (χ2v) is 6.11. The van der Waals surface area contributed by atoms with Gasteiger partial charge < -0.3 is 19.5 Å². The summed E-state index contributed by atoms with van der Waals surface area (Å²) in [5, 5.41) is 9.20. The van der Waals surface area contributed by atoms with E-state index in [0.717, 1.165) is 43.1 Å². The van der Waals surface area contributed by atoms with Crippen LogP contribution in [0.5, 0.6) is 11.5 Å². The number of nitrogens with zero attached hydrogens (tertiary/aromatic N) is 1. The molecule has 5 heteroatoms. The SMILES string of the molecule is CCC(CC1CCN(c2ccc3c(c2)OCCO3)C1)C(=O)O. The molecule has 0 aromatic heterocycles. The third-order valence-corrected chi connectivity index (χ3v) is 4.64. The van der Waals surface area contributed by atoms with Gasteiger partial charge in [0.15, 0.2) is 11.5 Å². The van der Waals surface area contributed by atoms with E-state index in [-0.39, 0.29) is 5.92 Å². The van der Waals surface area contributed by atoms with Crippen LogP contribution in [0.3, 0.4) is 0 Å². The molecule has 1 aromatic rings. The van der Waals surface area contributed by atoms with Crippen molar-refractivity contribution in [2.24, 2.45) is 11.8 Å². The topological polar surface area (TPSA) is 59.0 Å². The molecule has 1 saturated heterocycles. The number of carboxylic acids is 1. The summed E-state index contributed by atoms with van der Waals surface area (Å²) < 4.78 is 11.2. The maximum Gasteiger partial charge on any atom is 0.306 e. The Morgan fingerprint density at radius 2 is 2.14 bits per heavy atom. The van der Waals surface area contributed by atoms with Crippen molar-refractivity contribution in [2.45, 2.75) is 26.2 Å². The smallest absolute Gasteiger partial charge is 0.306 e. The van der Waals surface area contributed by atoms with E-state index in [1.165, 1.54) is 0 Å². The van der Waals surface area contributed by atoms with Crippen LogP contribution in [0.1, 0.15) is 26.2 Å². The van der Waals surface area contributed by atoms with E-state index in [9.17, 15) is 9.90 Å². The zero-order chi connectivity index (χ0) is 15.5. The summed E-state index contributed by atoms with van der Waals surface area (Å²) in [6.07, 6.45) is 2.53. The Labute approximate surface area is 130 Å². The summed E-state index contributed by atoms with van der Waals surface area (Å²) >= 11 is 0. The lowest BCUT2D eigenvalue weighted by Crippen LogP contribution is -2.22. The lowest BCUT2D eigenvalue weighted by atomic mass is 9.92. The highest BCUT2D eigenvalue weighted by Crippen LogP contribution is 2.36. The van der Waals surface area contributed by atoms with Crippen LogP contribution >= 0.6 is 0 Å². The Hall–Kier alpha value is -1.91. The first-order valence-electron chi connectivity index (χ1n) is 8.04. The van der Waals surface area contributed by atoms with Gasteiger partial charge in [-0.15, -0.1) is 0 Å². The highest BCUT2D eigenvalue weighted by Gasteiger charge is 2.28. The normalized spacial score (nSPS) is 21.7. The minimum Gasteiger partial charge on any atom is -0.486 e. The maximum atomic E-state index is 11.2. The molecule has 2 aliphatic heterocycles. The van der Waals surface area contributed by atoms with Crippen LogP contribution in [-0.2, 0) is 4.79 Å². The zero-order valence-corrected chi connectivity index (χ0v) is 13.0. The molecular weight excluding hydrogens is 282 g/mol. The molecule has 2 aliphatic rings. The molecule has 1 fully saturated rings. The first kappa shape index (κ1) is 15.0. The van der Waals surface area contributed by atoms with Gasteiger partial charge >= 0.3 is 5.97 Å². The Kier molecular flexibility index (Phi) is 4.41.